The van der Waals surface area contributed by atoms with Gasteiger partial charge in [-0.3, -0.25) is 10.2 Å². The topological polar surface area (TPSA) is 77.8 Å². The molecule has 1 fully saturated rings. The smallest absolute Gasteiger partial charge is 0.272 e. The number of likely N-dealkylation sites (tertiary alicyclic amines) is 1. The molecule has 0 aliphatic carbocycles. The average Bonchev–Trinajstić information content (AvgIpc) is 2.61. The Morgan fingerprint density at radius 2 is 2.26 bits per heavy atom. The Balaban J connectivity index is 2.74. The zero-order chi connectivity index (χ0) is 14.3. The van der Waals surface area contributed by atoms with Gasteiger partial charge in [0.05, 0.1) is 7.11 Å². The summed E-state index contributed by atoms with van der Waals surface area (Å²) in [5.74, 6) is -0.0364. The van der Waals surface area contributed by atoms with Crippen molar-refractivity contribution in [3.63, 3.8) is 0 Å². The molecular formula is C13H22N4O2. The summed E-state index contributed by atoms with van der Waals surface area (Å²) >= 11 is 0. The van der Waals surface area contributed by atoms with E-state index in [0.29, 0.717) is 6.54 Å². The summed E-state index contributed by atoms with van der Waals surface area (Å²) in [4.78, 5) is 14.0. The van der Waals surface area contributed by atoms with Crippen molar-refractivity contribution in [2.45, 2.75) is 38.6 Å². The van der Waals surface area contributed by atoms with Crippen LogP contribution in [0.2, 0.25) is 0 Å². The first kappa shape index (κ1) is 15.2. The van der Waals surface area contributed by atoms with Crippen LogP contribution in [0, 0.1) is 5.41 Å². The molecule has 0 radical (unpaired) electrons. The lowest BCUT2D eigenvalue weighted by Gasteiger charge is -2.26. The summed E-state index contributed by atoms with van der Waals surface area (Å²) in [7, 11) is 1.44. The lowest BCUT2D eigenvalue weighted by atomic mass is 10.1. The van der Waals surface area contributed by atoms with Crippen LogP contribution in [0.3, 0.4) is 0 Å². The molecule has 1 amide bonds. The van der Waals surface area contributed by atoms with Gasteiger partial charge in [0.15, 0.2) is 0 Å². The number of ether oxygens (including phenoxy) is 1. The second kappa shape index (κ2) is 7.56. The number of carbonyl (C=O) groups excluding carboxylic acids is 1. The molecule has 6 nitrogen and oxygen atoms in total. The molecule has 0 saturated carbocycles. The van der Waals surface area contributed by atoms with E-state index in [1.165, 1.54) is 13.2 Å². The zero-order valence-electron chi connectivity index (χ0n) is 11.6. The molecule has 0 unspecified atom stereocenters. The SMILES string of the molecule is C=NN/C(=C\C(=N)C(=O)N1CCCCC[C@H]1C)OC. The Hall–Kier alpha value is -1.85. The average molecular weight is 266 g/mol. The van der Waals surface area contributed by atoms with Gasteiger partial charge in [0.25, 0.3) is 5.91 Å². The maximum Gasteiger partial charge on any atom is 0.272 e. The van der Waals surface area contributed by atoms with Crippen LogP contribution in [0.5, 0.6) is 0 Å². The van der Waals surface area contributed by atoms with Crippen LogP contribution >= 0.6 is 0 Å². The van der Waals surface area contributed by atoms with Crippen LogP contribution < -0.4 is 5.43 Å². The van der Waals surface area contributed by atoms with Crippen molar-refractivity contribution in [2.24, 2.45) is 5.10 Å². The number of nitrogens with one attached hydrogen (secondary N) is 2. The maximum atomic E-state index is 12.2. The Kier molecular flexibility index (Phi) is 6.05. The highest BCUT2D eigenvalue weighted by Gasteiger charge is 2.24. The Morgan fingerprint density at radius 1 is 1.53 bits per heavy atom. The van der Waals surface area contributed by atoms with E-state index in [1.54, 1.807) is 4.90 Å². The molecule has 19 heavy (non-hydrogen) atoms. The summed E-state index contributed by atoms with van der Waals surface area (Å²) in [6, 6.07) is 0.181. The van der Waals surface area contributed by atoms with Gasteiger partial charge in [-0.25, -0.2) is 5.43 Å². The van der Waals surface area contributed by atoms with Gasteiger partial charge >= 0.3 is 0 Å². The maximum absolute atomic E-state index is 12.2. The number of amides is 1. The molecule has 0 spiro atoms. The van der Waals surface area contributed by atoms with Crippen molar-refractivity contribution in [3.8, 4) is 0 Å². The molecular weight excluding hydrogens is 244 g/mol. The van der Waals surface area contributed by atoms with E-state index in [4.69, 9.17) is 10.1 Å². The highest BCUT2D eigenvalue weighted by atomic mass is 16.5. The minimum Gasteiger partial charge on any atom is -0.481 e. The Labute approximate surface area is 114 Å². The highest BCUT2D eigenvalue weighted by molar-refractivity contribution is 6.42. The number of carbonyl (C=O) groups is 1. The first-order valence-corrected chi connectivity index (χ1v) is 6.47. The van der Waals surface area contributed by atoms with Gasteiger partial charge < -0.3 is 9.64 Å². The number of methoxy groups -OCH3 is 1. The molecule has 106 valence electrons. The summed E-state index contributed by atoms with van der Waals surface area (Å²) in [5.41, 5.74) is 2.38. The van der Waals surface area contributed by atoms with E-state index in [9.17, 15) is 4.79 Å². The van der Waals surface area contributed by atoms with Crippen LogP contribution in [0.4, 0.5) is 0 Å². The third-order valence-electron chi connectivity index (χ3n) is 3.23. The molecule has 6 heteroatoms. The molecule has 1 aliphatic heterocycles. The lowest BCUT2D eigenvalue weighted by molar-refractivity contribution is -0.125. The van der Waals surface area contributed by atoms with E-state index >= 15 is 0 Å². The fourth-order valence-corrected chi connectivity index (χ4v) is 2.14. The molecule has 0 aromatic carbocycles. The van der Waals surface area contributed by atoms with Crippen LogP contribution in [-0.2, 0) is 9.53 Å². The number of nitrogens with zero attached hydrogens (tertiary/aromatic N) is 2. The van der Waals surface area contributed by atoms with Crippen LogP contribution in [0.15, 0.2) is 17.1 Å². The van der Waals surface area contributed by atoms with E-state index in [0.717, 1.165) is 25.7 Å². The van der Waals surface area contributed by atoms with Crippen LogP contribution in [0.25, 0.3) is 0 Å². The summed E-state index contributed by atoms with van der Waals surface area (Å²) in [6.07, 6.45) is 5.60. The third-order valence-corrected chi connectivity index (χ3v) is 3.23. The van der Waals surface area contributed by atoms with Crippen molar-refractivity contribution in [1.82, 2.24) is 10.3 Å². The second-order valence-corrected chi connectivity index (χ2v) is 4.59. The fraction of sp³-hybridized carbons (Fsp3) is 0.615. The molecule has 2 N–H and O–H groups in total. The van der Waals surface area contributed by atoms with E-state index in [2.05, 4.69) is 17.2 Å². The molecule has 1 atom stereocenters. The fourth-order valence-electron chi connectivity index (χ4n) is 2.14. The van der Waals surface area contributed by atoms with Crippen LogP contribution in [-0.4, -0.2) is 42.9 Å². The predicted molar refractivity (Wildman–Crippen MR) is 75.1 cm³/mol. The van der Waals surface area contributed by atoms with Gasteiger partial charge in [0.2, 0.25) is 5.88 Å². The van der Waals surface area contributed by atoms with Gasteiger partial charge in [-0.05, 0) is 19.8 Å². The monoisotopic (exact) mass is 266 g/mol. The first-order valence-electron chi connectivity index (χ1n) is 6.47. The van der Waals surface area contributed by atoms with Crippen molar-refractivity contribution >= 4 is 18.3 Å². The minimum absolute atomic E-state index is 0.109. The summed E-state index contributed by atoms with van der Waals surface area (Å²) in [5, 5.41) is 11.3. The lowest BCUT2D eigenvalue weighted by Crippen LogP contribution is -2.41. The second-order valence-electron chi connectivity index (χ2n) is 4.59. The molecule has 1 aliphatic rings. The Bertz CT molecular complexity index is 379. The van der Waals surface area contributed by atoms with E-state index < -0.39 is 0 Å². The molecule has 1 saturated heterocycles. The number of hydrogen-bond acceptors (Lipinski definition) is 5. The van der Waals surface area contributed by atoms with Gasteiger partial charge in [0, 0.05) is 25.4 Å². The van der Waals surface area contributed by atoms with Crippen molar-refractivity contribution < 1.29 is 9.53 Å². The van der Waals surface area contributed by atoms with E-state index in [1.807, 2.05) is 6.92 Å². The largest absolute Gasteiger partial charge is 0.481 e. The van der Waals surface area contributed by atoms with Gasteiger partial charge in [0.1, 0.15) is 5.71 Å². The highest BCUT2D eigenvalue weighted by Crippen LogP contribution is 2.16. The number of hydrazone groups is 1. The van der Waals surface area contributed by atoms with Crippen molar-refractivity contribution in [3.05, 3.63) is 12.0 Å². The van der Waals surface area contributed by atoms with Gasteiger partial charge in [-0.2, -0.15) is 5.10 Å². The third kappa shape index (κ3) is 4.39. The van der Waals surface area contributed by atoms with Gasteiger partial charge in [-0.15, -0.1) is 0 Å². The van der Waals surface area contributed by atoms with Gasteiger partial charge in [-0.1, -0.05) is 12.8 Å². The molecule has 1 rings (SSSR count). The molecule has 0 aromatic heterocycles. The summed E-state index contributed by atoms with van der Waals surface area (Å²) in [6.45, 7) is 6.01. The Morgan fingerprint density at radius 3 is 2.89 bits per heavy atom. The number of rotatable bonds is 5. The number of hydrogen-bond donors (Lipinski definition) is 2. The zero-order valence-corrected chi connectivity index (χ0v) is 11.6. The van der Waals surface area contributed by atoms with Crippen molar-refractivity contribution in [1.29, 1.82) is 5.41 Å². The molecule has 0 bridgehead atoms. The summed E-state index contributed by atoms with van der Waals surface area (Å²) < 4.78 is 4.96. The normalized spacial score (nSPS) is 20.4. The van der Waals surface area contributed by atoms with E-state index in [-0.39, 0.29) is 23.5 Å². The first-order chi connectivity index (χ1) is 9.10. The quantitative estimate of drug-likeness (QED) is 0.449. The molecule has 0 aromatic rings. The minimum atomic E-state index is -0.269. The standard InChI is InChI=1S/C13H22N4O2/c1-10-7-5-4-6-8-17(10)13(18)11(14)9-12(19-3)16-15-2/h9-10,14,16H,2,4-8H2,1,3H3/b12-9+,14-11?/t10-/m1/s1. The van der Waals surface area contributed by atoms with Crippen LogP contribution in [0.1, 0.15) is 32.6 Å². The predicted octanol–water partition coefficient (Wildman–Crippen LogP) is 1.49. The van der Waals surface area contributed by atoms with Crippen molar-refractivity contribution in [2.75, 3.05) is 13.7 Å². The molecule has 1 heterocycles.